The Morgan fingerprint density at radius 2 is 1.45 bits per heavy atom. The molecule has 5 amide bonds. The minimum absolute atomic E-state index is 0.0876. The number of primary amides is 1. The SMILES string of the molecule is Cc1c(Br)ccc(Cl)c1Sc1ncccc1CN[C@@H](CCCNC(=O)OC(C)(C)C)C(=O)N[C@@H](CCNC(=O)OC(C)(C)C)C(=O)N(C)[C@@H](Cc1cn(C(=O)OC(C)(C)C)c2ccccc12)C(N)=O. The van der Waals surface area contributed by atoms with Gasteiger partial charge < -0.3 is 46.1 Å². The topological polar surface area (TPSA) is 225 Å². The quantitative estimate of drug-likeness (QED) is 0.0441. The standard InChI is InChI=1S/C49H66BrClN8O9S/c1-29-33(50)20-21-34(51)39(29)69-42-30(16-14-23-53-42)27-56-35(18-15-24-54-44(63)66-47(2,3)4)41(61)57-36(22-25-55-45(64)67-48(5,6)7)43(62)58(11)38(40(52)60)26-31-28-59(46(65)68-49(8,9)10)37-19-13-12-17-32(31)37/h12-14,16-17,19-21,23,28,35-36,38,56H,15,18,22,24-27H2,1-11H3,(H2,52,60)(H,54,63)(H,55,64)(H,57,61)/t35-,36-,38-/m0/s1. The monoisotopic (exact) mass is 1060 g/mol. The number of rotatable bonds is 19. The van der Waals surface area contributed by atoms with Crippen molar-refractivity contribution in [2.45, 2.75) is 146 Å². The van der Waals surface area contributed by atoms with E-state index in [1.807, 2.05) is 19.1 Å². The summed E-state index contributed by atoms with van der Waals surface area (Å²) in [6.07, 6.45) is 1.57. The Balaban J connectivity index is 1.65. The number of nitrogens with zero attached hydrogens (tertiary/aromatic N) is 3. The zero-order valence-corrected chi connectivity index (χ0v) is 44.4. The number of likely N-dealkylation sites (N-methyl/N-ethyl adjacent to an activating group) is 1. The zero-order valence-electron chi connectivity index (χ0n) is 41.2. The van der Waals surface area contributed by atoms with Crippen molar-refractivity contribution in [3.63, 3.8) is 0 Å². The molecule has 0 fully saturated rings. The first-order valence-corrected chi connectivity index (χ1v) is 24.5. The Morgan fingerprint density at radius 3 is 2.07 bits per heavy atom. The van der Waals surface area contributed by atoms with Gasteiger partial charge in [-0.05, 0) is 129 Å². The van der Waals surface area contributed by atoms with Gasteiger partial charge in [0.25, 0.3) is 0 Å². The average molecular weight is 1060 g/mol. The van der Waals surface area contributed by atoms with E-state index in [4.69, 9.17) is 31.5 Å². The van der Waals surface area contributed by atoms with E-state index in [0.717, 1.165) is 20.5 Å². The fourth-order valence-corrected chi connectivity index (χ4v) is 8.74. The van der Waals surface area contributed by atoms with E-state index in [1.54, 1.807) is 111 Å². The van der Waals surface area contributed by atoms with Crippen LogP contribution in [0.2, 0.25) is 5.02 Å². The van der Waals surface area contributed by atoms with E-state index < -0.39 is 70.9 Å². The van der Waals surface area contributed by atoms with Gasteiger partial charge in [-0.1, -0.05) is 63.6 Å². The molecule has 0 aliphatic carbocycles. The first-order valence-electron chi connectivity index (χ1n) is 22.6. The van der Waals surface area contributed by atoms with Crippen LogP contribution in [0.15, 0.2) is 75.3 Å². The maximum Gasteiger partial charge on any atom is 0.419 e. The lowest BCUT2D eigenvalue weighted by atomic mass is 10.0. The van der Waals surface area contributed by atoms with Crippen LogP contribution in [0.25, 0.3) is 10.9 Å². The Kier molecular flexibility index (Phi) is 19.9. The highest BCUT2D eigenvalue weighted by atomic mass is 79.9. The normalized spacial score (nSPS) is 13.2. The number of aromatic nitrogens is 2. The summed E-state index contributed by atoms with van der Waals surface area (Å²) < 4.78 is 18.7. The number of nitrogens with two attached hydrogens (primary N) is 1. The number of amides is 5. The lowest BCUT2D eigenvalue weighted by molar-refractivity contribution is -0.141. The molecule has 2 aromatic heterocycles. The first-order chi connectivity index (χ1) is 32.1. The van der Waals surface area contributed by atoms with Gasteiger partial charge in [-0.25, -0.2) is 19.4 Å². The Labute approximate surface area is 422 Å². The second-order valence-electron chi connectivity index (χ2n) is 19.4. The van der Waals surface area contributed by atoms with Gasteiger partial charge in [0.15, 0.2) is 0 Å². The van der Waals surface area contributed by atoms with Crippen LogP contribution in [0.3, 0.4) is 0 Å². The summed E-state index contributed by atoms with van der Waals surface area (Å²) in [6.45, 7) is 17.8. The van der Waals surface area contributed by atoms with Crippen LogP contribution < -0.4 is 27.0 Å². The van der Waals surface area contributed by atoms with E-state index >= 15 is 0 Å². The molecule has 0 saturated heterocycles. The van der Waals surface area contributed by atoms with Crippen molar-refractivity contribution in [1.82, 2.24) is 35.7 Å². The third-order valence-corrected chi connectivity index (χ3v) is 12.8. The molecular formula is C49H66BrClN8O9S. The molecule has 376 valence electrons. The molecule has 17 nitrogen and oxygen atoms in total. The molecule has 4 rings (SSSR count). The molecule has 0 spiro atoms. The smallest absolute Gasteiger partial charge is 0.419 e. The number of ether oxygens (including phenoxy) is 3. The fraction of sp³-hybridized carbons (Fsp3) is 0.490. The number of hydrogen-bond donors (Lipinski definition) is 5. The van der Waals surface area contributed by atoms with E-state index in [9.17, 15) is 28.8 Å². The van der Waals surface area contributed by atoms with E-state index in [-0.39, 0.29) is 38.9 Å². The summed E-state index contributed by atoms with van der Waals surface area (Å²) in [4.78, 5) is 87.6. The molecule has 3 atom stereocenters. The second-order valence-corrected chi connectivity index (χ2v) is 21.7. The van der Waals surface area contributed by atoms with Crippen molar-refractivity contribution in [3.05, 3.63) is 87.1 Å². The number of carbonyl (C=O) groups excluding carboxylic acids is 6. The largest absolute Gasteiger partial charge is 0.444 e. The molecule has 0 saturated carbocycles. The summed E-state index contributed by atoms with van der Waals surface area (Å²) in [5.74, 6) is -2.08. The molecule has 2 aromatic carbocycles. The molecule has 2 heterocycles. The molecule has 6 N–H and O–H groups in total. The third-order valence-electron chi connectivity index (χ3n) is 10.2. The van der Waals surface area contributed by atoms with Crippen LogP contribution in [0, 0.1) is 6.92 Å². The van der Waals surface area contributed by atoms with E-state index in [1.165, 1.54) is 28.3 Å². The highest BCUT2D eigenvalue weighted by Gasteiger charge is 2.34. The maximum absolute atomic E-state index is 14.7. The van der Waals surface area contributed by atoms with Crippen molar-refractivity contribution in [2.75, 3.05) is 20.1 Å². The predicted octanol–water partition coefficient (Wildman–Crippen LogP) is 8.41. The number of alkyl carbamates (subject to hydrolysis) is 2. The molecule has 20 heteroatoms. The highest BCUT2D eigenvalue weighted by molar-refractivity contribution is 9.10. The van der Waals surface area contributed by atoms with Crippen LogP contribution in [-0.2, 0) is 41.6 Å². The van der Waals surface area contributed by atoms with Gasteiger partial charge in [-0.15, -0.1) is 0 Å². The van der Waals surface area contributed by atoms with Crippen molar-refractivity contribution in [1.29, 1.82) is 0 Å². The van der Waals surface area contributed by atoms with Crippen molar-refractivity contribution < 1.29 is 43.0 Å². The average Bonchev–Trinajstić information content (AvgIpc) is 3.61. The minimum atomic E-state index is -1.29. The highest BCUT2D eigenvalue weighted by Crippen LogP contribution is 2.39. The Morgan fingerprint density at radius 1 is 0.826 bits per heavy atom. The Hall–Kier alpha value is -5.37. The molecule has 0 radical (unpaired) electrons. The molecule has 0 bridgehead atoms. The van der Waals surface area contributed by atoms with E-state index in [0.29, 0.717) is 32.9 Å². The fourth-order valence-electron chi connectivity index (χ4n) is 6.95. The van der Waals surface area contributed by atoms with Crippen LogP contribution in [0.1, 0.15) is 98.3 Å². The summed E-state index contributed by atoms with van der Waals surface area (Å²) in [6, 6.07) is 10.9. The number of benzene rings is 2. The molecular weight excluding hydrogens is 992 g/mol. The van der Waals surface area contributed by atoms with Gasteiger partial charge in [0.2, 0.25) is 17.7 Å². The molecule has 0 aliphatic heterocycles. The van der Waals surface area contributed by atoms with Crippen LogP contribution in [0.5, 0.6) is 0 Å². The summed E-state index contributed by atoms with van der Waals surface area (Å²) in [5, 5.41) is 13.4. The van der Waals surface area contributed by atoms with E-state index in [2.05, 4.69) is 42.2 Å². The molecule has 4 aromatic rings. The van der Waals surface area contributed by atoms with Gasteiger partial charge >= 0.3 is 18.3 Å². The number of carbonyl (C=O) groups is 6. The van der Waals surface area contributed by atoms with Gasteiger partial charge in [0.05, 0.1) is 16.6 Å². The van der Waals surface area contributed by atoms with Gasteiger partial charge in [0.1, 0.15) is 33.9 Å². The number of fused-ring (bicyclic) bond motifs is 1. The van der Waals surface area contributed by atoms with Crippen LogP contribution in [0.4, 0.5) is 14.4 Å². The number of hydrogen-bond acceptors (Lipinski definition) is 12. The van der Waals surface area contributed by atoms with Crippen molar-refractivity contribution >= 4 is 86.2 Å². The van der Waals surface area contributed by atoms with Crippen LogP contribution in [-0.4, -0.2) is 106 Å². The van der Waals surface area contributed by atoms with Gasteiger partial charge in [-0.3, -0.25) is 19.0 Å². The lowest BCUT2D eigenvalue weighted by Crippen LogP contribution is -2.57. The molecule has 0 aliphatic rings. The number of pyridine rings is 1. The first kappa shape index (κ1) is 56.2. The Bertz CT molecular complexity index is 2480. The molecule has 0 unspecified atom stereocenters. The maximum atomic E-state index is 14.7. The van der Waals surface area contributed by atoms with Gasteiger partial charge in [0, 0.05) is 60.3 Å². The predicted molar refractivity (Wildman–Crippen MR) is 270 cm³/mol. The number of para-hydroxylation sites is 1. The third kappa shape index (κ3) is 17.5. The van der Waals surface area contributed by atoms with Crippen LogP contribution >= 0.6 is 39.3 Å². The summed E-state index contributed by atoms with van der Waals surface area (Å²) >= 11 is 11.6. The van der Waals surface area contributed by atoms with Crippen molar-refractivity contribution in [2.24, 2.45) is 5.73 Å². The lowest BCUT2D eigenvalue weighted by Gasteiger charge is -2.31. The number of halogens is 2. The molecule has 69 heavy (non-hydrogen) atoms. The van der Waals surface area contributed by atoms with Gasteiger partial charge in [-0.2, -0.15) is 0 Å². The van der Waals surface area contributed by atoms with Crippen molar-refractivity contribution in [3.8, 4) is 0 Å². The number of nitrogens with one attached hydrogen (secondary N) is 4. The summed E-state index contributed by atoms with van der Waals surface area (Å²) in [5.41, 5.74) is 6.46. The minimum Gasteiger partial charge on any atom is -0.444 e. The second kappa shape index (κ2) is 24.5. The summed E-state index contributed by atoms with van der Waals surface area (Å²) in [7, 11) is 1.41. The zero-order chi connectivity index (χ0) is 51.4.